The number of fused-ring (bicyclic) bond motifs is 2. The van der Waals surface area contributed by atoms with Crippen LogP contribution in [0.15, 0.2) is 76.6 Å². The molecule has 10 heteroatoms. The van der Waals surface area contributed by atoms with Gasteiger partial charge >= 0.3 is 0 Å². The van der Waals surface area contributed by atoms with Crippen LogP contribution in [0.2, 0.25) is 0 Å². The molecule has 5 heterocycles. The van der Waals surface area contributed by atoms with Crippen molar-refractivity contribution in [2.45, 2.75) is 19.0 Å². The Kier molecular flexibility index (Phi) is 6.61. The Bertz CT molecular complexity index is 1790. The van der Waals surface area contributed by atoms with E-state index in [-0.39, 0.29) is 23.4 Å². The highest BCUT2D eigenvalue weighted by Crippen LogP contribution is 2.41. The van der Waals surface area contributed by atoms with Crippen LogP contribution >= 0.6 is 11.3 Å². The molecule has 40 heavy (non-hydrogen) atoms. The molecule has 0 saturated carbocycles. The average molecular weight is 551 g/mol. The van der Waals surface area contributed by atoms with Gasteiger partial charge in [0.1, 0.15) is 0 Å². The van der Waals surface area contributed by atoms with Gasteiger partial charge in [-0.3, -0.25) is 19.4 Å². The normalized spacial score (nSPS) is 15.7. The topological polar surface area (TPSA) is 134 Å². The summed E-state index contributed by atoms with van der Waals surface area (Å²) in [6.45, 7) is 5.00. The zero-order valence-corrected chi connectivity index (χ0v) is 22.3. The van der Waals surface area contributed by atoms with E-state index < -0.39 is 0 Å². The lowest BCUT2D eigenvalue weighted by Crippen LogP contribution is -2.52. The summed E-state index contributed by atoms with van der Waals surface area (Å²) in [4.78, 5) is 50.9. The first-order valence-electron chi connectivity index (χ1n) is 12.8. The lowest BCUT2D eigenvalue weighted by atomic mass is 9.94. The van der Waals surface area contributed by atoms with Crippen LogP contribution in [0.3, 0.4) is 0 Å². The number of likely N-dealkylation sites (tertiary alicyclic amines) is 1. The van der Waals surface area contributed by atoms with Crippen molar-refractivity contribution in [1.29, 1.82) is 0 Å². The van der Waals surface area contributed by atoms with E-state index in [1.54, 1.807) is 29.4 Å². The largest absolute Gasteiger partial charge is 0.404 e. The molecule has 3 aromatic heterocycles. The summed E-state index contributed by atoms with van der Waals surface area (Å²) in [5.74, 6) is -0.107. The number of aliphatic imine (C=N–C) groups is 1. The van der Waals surface area contributed by atoms with E-state index >= 15 is 0 Å². The molecule has 1 aromatic carbocycles. The Morgan fingerprint density at radius 3 is 2.83 bits per heavy atom. The number of thiophene rings is 1. The maximum atomic E-state index is 13.0. The number of carbonyl (C=O) groups excluding carboxylic acids is 2. The quantitative estimate of drug-likeness (QED) is 0.250. The molecule has 0 radical (unpaired) electrons. The van der Waals surface area contributed by atoms with Crippen LogP contribution < -0.4 is 16.6 Å². The molecule has 9 nitrogen and oxygen atoms in total. The number of carbonyl (C=O) groups is 2. The molecule has 0 bridgehead atoms. The maximum absolute atomic E-state index is 13.0. The molecule has 4 aromatic rings. The molecule has 0 unspecified atom stereocenters. The number of pyridine rings is 2. The first kappa shape index (κ1) is 25.4. The van der Waals surface area contributed by atoms with Crippen molar-refractivity contribution >= 4 is 45.0 Å². The van der Waals surface area contributed by atoms with E-state index in [2.05, 4.69) is 27.9 Å². The van der Waals surface area contributed by atoms with Crippen molar-refractivity contribution in [1.82, 2.24) is 20.2 Å². The monoisotopic (exact) mass is 550 g/mol. The van der Waals surface area contributed by atoms with Gasteiger partial charge < -0.3 is 20.9 Å². The first-order chi connectivity index (χ1) is 19.5. The van der Waals surface area contributed by atoms with E-state index in [0.29, 0.717) is 48.4 Å². The predicted molar refractivity (Wildman–Crippen MR) is 158 cm³/mol. The van der Waals surface area contributed by atoms with Crippen LogP contribution in [-0.2, 0) is 22.6 Å². The summed E-state index contributed by atoms with van der Waals surface area (Å²) in [7, 11) is 0. The number of rotatable bonds is 6. The molecule has 4 N–H and O–H groups in total. The third-order valence-electron chi connectivity index (χ3n) is 7.23. The van der Waals surface area contributed by atoms with Crippen LogP contribution in [0.4, 0.5) is 0 Å². The number of amides is 2. The zero-order valence-electron chi connectivity index (χ0n) is 21.5. The molecule has 2 aliphatic heterocycles. The summed E-state index contributed by atoms with van der Waals surface area (Å²) in [5, 5.41) is 5.81. The molecule has 200 valence electrons. The Morgan fingerprint density at radius 2 is 2.05 bits per heavy atom. The number of nitrogens with zero attached hydrogens (tertiary/aromatic N) is 3. The van der Waals surface area contributed by atoms with Crippen LogP contribution in [0, 0.1) is 0 Å². The molecule has 6 rings (SSSR count). The summed E-state index contributed by atoms with van der Waals surface area (Å²) in [6, 6.07) is 11.5. The van der Waals surface area contributed by atoms with Gasteiger partial charge in [0.2, 0.25) is 11.8 Å². The molecule has 1 fully saturated rings. The van der Waals surface area contributed by atoms with Gasteiger partial charge in [0, 0.05) is 65.0 Å². The number of allylic oxidation sites excluding steroid dienone is 1. The summed E-state index contributed by atoms with van der Waals surface area (Å²) >= 11 is 1.53. The average Bonchev–Trinajstić information content (AvgIpc) is 3.43. The van der Waals surface area contributed by atoms with Gasteiger partial charge in [-0.25, -0.2) is 4.98 Å². The number of aromatic nitrogens is 2. The number of nitrogens with one attached hydrogen (secondary N) is 2. The highest BCUT2D eigenvalue weighted by atomic mass is 32.1. The Balaban J connectivity index is 1.49. The van der Waals surface area contributed by atoms with Gasteiger partial charge in [0.05, 0.1) is 29.4 Å². The van der Waals surface area contributed by atoms with Gasteiger partial charge in [0.15, 0.2) is 0 Å². The Labute approximate surface area is 233 Å². The van der Waals surface area contributed by atoms with Gasteiger partial charge in [-0.1, -0.05) is 18.7 Å². The maximum Gasteiger partial charge on any atom is 0.255 e. The number of H-pyrrole nitrogens is 1. The highest BCUT2D eigenvalue weighted by Gasteiger charge is 2.29. The summed E-state index contributed by atoms with van der Waals surface area (Å²) in [5.41, 5.74) is 11.9. The fraction of sp³-hybridized carbons (Fsp3) is 0.167. The molecular formula is C30H26N6O3S. The standard InChI is InChI=1S/C30H26N6O3S/c1-2-25(38)36-15-21(16-36)33-14-20(12-31)28-26(22-4-3-8-32-30(22)39)29-23(7-9-40-29)27(35-28)18-6-5-17-11-24(37)34-13-19(17)10-18/h2-10,12,14,21H,1,11,13,15-16,31H2,(H,32,39)(H,34,37)/b20-12+,33-14?. The first-order valence-corrected chi connectivity index (χ1v) is 13.7. The fourth-order valence-corrected chi connectivity index (χ4v) is 6.05. The minimum Gasteiger partial charge on any atom is -0.404 e. The molecule has 0 atom stereocenters. The molecule has 2 aliphatic rings. The van der Waals surface area contributed by atoms with E-state index in [1.807, 2.05) is 23.6 Å². The fourth-order valence-electron chi connectivity index (χ4n) is 5.09. The second-order valence-corrected chi connectivity index (χ2v) is 10.6. The molecule has 2 amide bonds. The lowest BCUT2D eigenvalue weighted by Gasteiger charge is -2.36. The summed E-state index contributed by atoms with van der Waals surface area (Å²) in [6.07, 6.45) is 6.37. The van der Waals surface area contributed by atoms with Crippen LogP contribution in [0.1, 0.15) is 16.8 Å². The number of benzene rings is 1. The third kappa shape index (κ3) is 4.52. The summed E-state index contributed by atoms with van der Waals surface area (Å²) < 4.78 is 0.905. The van der Waals surface area contributed by atoms with Crippen molar-refractivity contribution in [3.63, 3.8) is 0 Å². The molecule has 0 spiro atoms. The van der Waals surface area contributed by atoms with Crippen molar-refractivity contribution in [2.24, 2.45) is 10.7 Å². The lowest BCUT2D eigenvalue weighted by molar-refractivity contribution is -0.130. The van der Waals surface area contributed by atoms with E-state index in [1.165, 1.54) is 23.6 Å². The van der Waals surface area contributed by atoms with Gasteiger partial charge in [-0.05, 0) is 46.8 Å². The molecule has 1 saturated heterocycles. The second-order valence-electron chi connectivity index (χ2n) is 9.70. The van der Waals surface area contributed by atoms with Crippen molar-refractivity contribution in [3.8, 4) is 22.4 Å². The molecule has 0 aliphatic carbocycles. The minimum atomic E-state index is -0.233. The highest BCUT2D eigenvalue weighted by molar-refractivity contribution is 7.17. The van der Waals surface area contributed by atoms with Crippen molar-refractivity contribution in [2.75, 3.05) is 13.1 Å². The van der Waals surface area contributed by atoms with Gasteiger partial charge in [0.25, 0.3) is 5.56 Å². The van der Waals surface area contributed by atoms with Gasteiger partial charge in [-0.2, -0.15) is 0 Å². The van der Waals surface area contributed by atoms with E-state index in [4.69, 9.17) is 10.7 Å². The predicted octanol–water partition coefficient (Wildman–Crippen LogP) is 3.26. The molecular weight excluding hydrogens is 524 g/mol. The number of aromatic amines is 1. The van der Waals surface area contributed by atoms with E-state index in [0.717, 1.165) is 32.5 Å². The second kappa shape index (κ2) is 10.4. The van der Waals surface area contributed by atoms with E-state index in [9.17, 15) is 14.4 Å². The Morgan fingerprint density at radius 1 is 1.20 bits per heavy atom. The SMILES string of the molecule is C=CC(=O)N1CC(N=C/C(=C\N)c2nc(-c3ccc4c(c3)CNC(=O)C4)c3ccsc3c2-c2ccc[nH]c2=O)C1. The third-order valence-corrected chi connectivity index (χ3v) is 8.16. The van der Waals surface area contributed by atoms with Gasteiger partial charge in [-0.15, -0.1) is 11.3 Å². The number of hydrogen-bond acceptors (Lipinski definition) is 7. The van der Waals surface area contributed by atoms with Crippen LogP contribution in [-0.4, -0.2) is 52.0 Å². The smallest absolute Gasteiger partial charge is 0.255 e. The van der Waals surface area contributed by atoms with Crippen LogP contribution in [0.25, 0.3) is 38.0 Å². The minimum absolute atomic E-state index is 0.0128. The van der Waals surface area contributed by atoms with Crippen molar-refractivity contribution in [3.05, 3.63) is 94.0 Å². The zero-order chi connectivity index (χ0) is 27.8. The van der Waals surface area contributed by atoms with Crippen LogP contribution in [0.5, 0.6) is 0 Å². The number of hydrogen-bond donors (Lipinski definition) is 3. The van der Waals surface area contributed by atoms with Crippen molar-refractivity contribution < 1.29 is 9.59 Å². The number of nitrogens with two attached hydrogens (primary N) is 1. The Hall–Kier alpha value is -4.83.